The highest BCUT2D eigenvalue weighted by atomic mass is 35.5. The highest BCUT2D eigenvalue weighted by molar-refractivity contribution is 6.38. The lowest BCUT2D eigenvalue weighted by Crippen LogP contribution is -2.11. The van der Waals surface area contributed by atoms with E-state index in [1.807, 2.05) is 0 Å². The van der Waals surface area contributed by atoms with Crippen molar-refractivity contribution in [3.8, 4) is 0 Å². The van der Waals surface area contributed by atoms with Crippen LogP contribution in [0.5, 0.6) is 0 Å². The van der Waals surface area contributed by atoms with Crippen LogP contribution in [-0.2, 0) is 4.74 Å². The van der Waals surface area contributed by atoms with E-state index in [9.17, 15) is 9.59 Å². The second kappa shape index (κ2) is 6.26. The number of benzene rings is 1. The summed E-state index contributed by atoms with van der Waals surface area (Å²) in [6, 6.07) is 4.35. The minimum atomic E-state index is -0.592. The summed E-state index contributed by atoms with van der Waals surface area (Å²) in [4.78, 5) is 29.0. The van der Waals surface area contributed by atoms with Crippen molar-refractivity contribution < 1.29 is 13.9 Å². The molecule has 3 aromatic rings. The topological polar surface area (TPSA) is 69.4 Å². The van der Waals surface area contributed by atoms with Crippen molar-refractivity contribution in [2.45, 2.75) is 6.92 Å². The van der Waals surface area contributed by atoms with E-state index >= 15 is 0 Å². The van der Waals surface area contributed by atoms with Crippen LogP contribution in [0.25, 0.3) is 22.1 Å². The fourth-order valence-corrected chi connectivity index (χ4v) is 2.85. The Morgan fingerprint density at radius 1 is 1.33 bits per heavy atom. The van der Waals surface area contributed by atoms with Gasteiger partial charge in [0.05, 0.1) is 27.1 Å². The molecule has 0 saturated heterocycles. The number of ether oxygens (including phenoxy) is 1. The van der Waals surface area contributed by atoms with Crippen LogP contribution in [0.2, 0.25) is 10.0 Å². The second-order valence-corrected chi connectivity index (χ2v) is 5.90. The van der Waals surface area contributed by atoms with Gasteiger partial charge in [0.2, 0.25) is 11.1 Å². The highest BCUT2D eigenvalue weighted by Gasteiger charge is 2.18. The first-order valence-corrected chi connectivity index (χ1v) is 7.69. The van der Waals surface area contributed by atoms with Gasteiger partial charge in [-0.15, -0.1) is 0 Å². The Morgan fingerprint density at radius 3 is 2.79 bits per heavy atom. The first kappa shape index (κ1) is 16.5. The molecule has 0 atom stereocenters. The molecular weight excluding hydrogens is 353 g/mol. The summed E-state index contributed by atoms with van der Waals surface area (Å²) in [5, 5.41) is 0.892. The van der Waals surface area contributed by atoms with E-state index in [0.29, 0.717) is 10.7 Å². The van der Waals surface area contributed by atoms with Gasteiger partial charge in [-0.2, -0.15) is 0 Å². The molecule has 5 nitrogen and oxygen atoms in total. The lowest BCUT2D eigenvalue weighted by atomic mass is 10.1. The third kappa shape index (κ3) is 2.77. The molecule has 0 saturated carbocycles. The Morgan fingerprint density at radius 2 is 2.08 bits per heavy atom. The number of halogens is 2. The summed E-state index contributed by atoms with van der Waals surface area (Å²) < 4.78 is 10.6. The number of aromatic nitrogens is 1. The first-order valence-electron chi connectivity index (χ1n) is 6.93. The van der Waals surface area contributed by atoms with Gasteiger partial charge in [0.15, 0.2) is 5.58 Å². The molecule has 3 rings (SSSR count). The molecule has 0 aliphatic carbocycles. The summed E-state index contributed by atoms with van der Waals surface area (Å²) in [5.74, 6) is -0.592. The van der Waals surface area contributed by atoms with Gasteiger partial charge in [-0.3, -0.25) is 4.79 Å². The van der Waals surface area contributed by atoms with Crippen molar-refractivity contribution in [2.24, 2.45) is 0 Å². The predicted molar refractivity (Wildman–Crippen MR) is 93.0 cm³/mol. The van der Waals surface area contributed by atoms with Gasteiger partial charge in [0.25, 0.3) is 0 Å². The molecule has 2 aromatic heterocycles. The van der Waals surface area contributed by atoms with E-state index in [2.05, 4.69) is 11.6 Å². The zero-order valence-corrected chi connectivity index (χ0v) is 14.1. The van der Waals surface area contributed by atoms with E-state index in [1.165, 1.54) is 24.3 Å². The van der Waals surface area contributed by atoms with E-state index in [0.717, 1.165) is 0 Å². The lowest BCUT2D eigenvalue weighted by molar-refractivity contribution is 0.0548. The number of carbonyl (C=O) groups is 1. The van der Waals surface area contributed by atoms with Gasteiger partial charge in [0, 0.05) is 5.02 Å². The van der Waals surface area contributed by atoms with Crippen molar-refractivity contribution in [3.05, 3.63) is 62.4 Å². The number of carbonyl (C=O) groups excluding carboxylic acids is 1. The van der Waals surface area contributed by atoms with E-state index in [4.69, 9.17) is 32.4 Å². The maximum atomic E-state index is 12.7. The Bertz CT molecular complexity index is 1060. The summed E-state index contributed by atoms with van der Waals surface area (Å²) in [6.45, 7) is 5.17. The Labute approximate surface area is 146 Å². The quantitative estimate of drug-likeness (QED) is 0.394. The molecule has 2 heterocycles. The van der Waals surface area contributed by atoms with Crippen molar-refractivity contribution >= 4 is 51.2 Å². The molecule has 0 N–H and O–H groups in total. The van der Waals surface area contributed by atoms with Crippen molar-refractivity contribution in [1.29, 1.82) is 0 Å². The number of rotatable bonds is 3. The van der Waals surface area contributed by atoms with Crippen molar-refractivity contribution in [2.75, 3.05) is 6.61 Å². The van der Waals surface area contributed by atoms with Crippen LogP contribution in [-0.4, -0.2) is 17.6 Å². The smallest absolute Gasteiger partial charge is 0.340 e. The van der Waals surface area contributed by atoms with E-state index in [1.54, 1.807) is 6.92 Å². The normalized spacial score (nSPS) is 11.0. The lowest BCUT2D eigenvalue weighted by Gasteiger charge is -2.08. The van der Waals surface area contributed by atoms with E-state index in [-0.39, 0.29) is 44.7 Å². The summed E-state index contributed by atoms with van der Waals surface area (Å²) in [5.41, 5.74) is 0.483. The van der Waals surface area contributed by atoms with Gasteiger partial charge in [-0.05, 0) is 25.1 Å². The molecule has 0 radical (unpaired) electrons. The highest BCUT2D eigenvalue weighted by Crippen LogP contribution is 2.28. The Balaban J connectivity index is 2.31. The molecule has 0 aliphatic rings. The molecule has 7 heteroatoms. The molecule has 0 unspecified atom stereocenters. The molecule has 0 fully saturated rings. The van der Waals surface area contributed by atoms with Gasteiger partial charge >= 0.3 is 5.97 Å². The number of esters is 1. The summed E-state index contributed by atoms with van der Waals surface area (Å²) in [7, 11) is 0. The van der Waals surface area contributed by atoms with Crippen molar-refractivity contribution in [3.63, 3.8) is 0 Å². The van der Waals surface area contributed by atoms with Crippen LogP contribution < -0.4 is 5.43 Å². The van der Waals surface area contributed by atoms with Crippen LogP contribution >= 0.6 is 23.2 Å². The minimum absolute atomic E-state index is 0.0633. The molecule has 122 valence electrons. The molecule has 24 heavy (non-hydrogen) atoms. The van der Waals surface area contributed by atoms with Crippen LogP contribution in [0.15, 0.2) is 40.1 Å². The number of fused-ring (bicyclic) bond motifs is 2. The SMILES string of the molecule is C=CCOC(=O)c1cc2c(=O)c3cc(Cl)cc(Cl)c3oc2nc1C. The summed E-state index contributed by atoms with van der Waals surface area (Å²) >= 11 is 12.0. The van der Waals surface area contributed by atoms with Gasteiger partial charge in [0.1, 0.15) is 6.61 Å². The van der Waals surface area contributed by atoms with Crippen LogP contribution in [0.3, 0.4) is 0 Å². The minimum Gasteiger partial charge on any atom is -0.458 e. The van der Waals surface area contributed by atoms with E-state index < -0.39 is 5.97 Å². The average molecular weight is 364 g/mol. The second-order valence-electron chi connectivity index (χ2n) is 5.06. The van der Waals surface area contributed by atoms with Gasteiger partial charge in [-0.25, -0.2) is 9.78 Å². The number of hydrogen-bond donors (Lipinski definition) is 0. The monoisotopic (exact) mass is 363 g/mol. The van der Waals surface area contributed by atoms with Crippen molar-refractivity contribution in [1.82, 2.24) is 4.98 Å². The summed E-state index contributed by atoms with van der Waals surface area (Å²) in [6.07, 6.45) is 1.45. The molecule has 0 aliphatic heterocycles. The number of aryl methyl sites for hydroxylation is 1. The first-order chi connectivity index (χ1) is 11.4. The molecular formula is C17H11Cl2NO4. The third-order valence-electron chi connectivity index (χ3n) is 3.43. The van der Waals surface area contributed by atoms with Crippen LogP contribution in [0.1, 0.15) is 16.1 Å². The molecule has 0 spiro atoms. The number of hydrogen-bond acceptors (Lipinski definition) is 5. The largest absolute Gasteiger partial charge is 0.458 e. The third-order valence-corrected chi connectivity index (χ3v) is 3.93. The fourth-order valence-electron chi connectivity index (χ4n) is 2.32. The van der Waals surface area contributed by atoms with Crippen LogP contribution in [0, 0.1) is 6.92 Å². The predicted octanol–water partition coefficient (Wildman–Crippen LogP) is 4.30. The maximum Gasteiger partial charge on any atom is 0.340 e. The molecule has 1 aromatic carbocycles. The number of pyridine rings is 1. The standard InChI is InChI=1S/C17H11Cl2NO4/c1-3-4-23-17(22)10-7-12-14(21)11-5-9(18)6-13(19)15(11)24-16(12)20-8(10)2/h3,5-7H,1,4H2,2H3. The Hall–Kier alpha value is -2.37. The zero-order chi connectivity index (χ0) is 17.4. The average Bonchev–Trinajstić information content (AvgIpc) is 2.53. The molecule has 0 amide bonds. The Kier molecular flexibility index (Phi) is 4.30. The zero-order valence-electron chi connectivity index (χ0n) is 12.6. The maximum absolute atomic E-state index is 12.7. The number of nitrogens with zero attached hydrogens (tertiary/aromatic N) is 1. The molecule has 0 bridgehead atoms. The van der Waals surface area contributed by atoms with Gasteiger partial charge in [-0.1, -0.05) is 35.9 Å². The fraction of sp³-hybridized carbons (Fsp3) is 0.118. The van der Waals surface area contributed by atoms with Gasteiger partial charge < -0.3 is 9.15 Å². The van der Waals surface area contributed by atoms with Crippen LogP contribution in [0.4, 0.5) is 0 Å².